The Morgan fingerprint density at radius 1 is 1.59 bits per heavy atom. The van der Waals surface area contributed by atoms with E-state index in [1.165, 1.54) is 12.4 Å². The normalized spacial score (nSPS) is 24.8. The molecule has 17 heavy (non-hydrogen) atoms. The van der Waals surface area contributed by atoms with Crippen molar-refractivity contribution in [2.24, 2.45) is 0 Å². The molecule has 0 aromatic carbocycles. The summed E-state index contributed by atoms with van der Waals surface area (Å²) in [7, 11) is 0. The van der Waals surface area contributed by atoms with Crippen LogP contribution in [-0.2, 0) is 0 Å². The molecule has 1 unspecified atom stereocenters. The Labute approximate surface area is 104 Å². The van der Waals surface area contributed by atoms with Gasteiger partial charge in [-0.3, -0.25) is 9.78 Å². The Balaban J connectivity index is 2.15. The summed E-state index contributed by atoms with van der Waals surface area (Å²) in [6, 6.07) is 0. The van der Waals surface area contributed by atoms with E-state index >= 15 is 0 Å². The van der Waals surface area contributed by atoms with Gasteiger partial charge in [0, 0.05) is 13.1 Å². The van der Waals surface area contributed by atoms with Crippen molar-refractivity contribution >= 4 is 17.5 Å². The average Bonchev–Trinajstić information content (AvgIpc) is 2.26. The van der Waals surface area contributed by atoms with E-state index in [4.69, 9.17) is 11.6 Å². The van der Waals surface area contributed by atoms with Crippen molar-refractivity contribution in [2.45, 2.75) is 25.4 Å². The monoisotopic (exact) mass is 255 g/mol. The Bertz CT molecular complexity index is 436. The van der Waals surface area contributed by atoms with Crippen molar-refractivity contribution in [3.8, 4) is 0 Å². The number of aliphatic hydroxyl groups is 1. The lowest BCUT2D eigenvalue weighted by Crippen LogP contribution is -2.48. The van der Waals surface area contributed by atoms with Crippen LogP contribution in [0.1, 0.15) is 30.3 Å². The van der Waals surface area contributed by atoms with Crippen molar-refractivity contribution in [1.82, 2.24) is 14.9 Å². The molecule has 0 spiro atoms. The summed E-state index contributed by atoms with van der Waals surface area (Å²) in [5.41, 5.74) is -0.602. The number of hydrogen-bond acceptors (Lipinski definition) is 4. The van der Waals surface area contributed by atoms with Gasteiger partial charge in [0.15, 0.2) is 0 Å². The minimum atomic E-state index is -0.820. The van der Waals surface area contributed by atoms with Crippen LogP contribution in [0.3, 0.4) is 0 Å². The van der Waals surface area contributed by atoms with Crippen LogP contribution >= 0.6 is 11.6 Å². The van der Waals surface area contributed by atoms with Gasteiger partial charge in [-0.25, -0.2) is 4.98 Å². The molecule has 5 nitrogen and oxygen atoms in total. The minimum absolute atomic E-state index is 0.194. The third kappa shape index (κ3) is 2.92. The summed E-state index contributed by atoms with van der Waals surface area (Å²) < 4.78 is 0. The first-order valence-electron chi connectivity index (χ1n) is 5.47. The van der Waals surface area contributed by atoms with Crippen molar-refractivity contribution < 1.29 is 9.90 Å². The van der Waals surface area contributed by atoms with E-state index in [-0.39, 0.29) is 16.8 Å². The van der Waals surface area contributed by atoms with Gasteiger partial charge in [0.05, 0.1) is 18.0 Å². The molecule has 2 rings (SSSR count). The molecule has 0 radical (unpaired) electrons. The van der Waals surface area contributed by atoms with Gasteiger partial charge in [-0.05, 0) is 19.8 Å². The fraction of sp³-hybridized carbons (Fsp3) is 0.545. The molecule has 0 saturated carbocycles. The standard InChI is InChI=1S/C11H14ClN3O2/c1-11(17)3-2-4-15(7-11)10(16)8-5-13-6-9(12)14-8/h5-6,17H,2-4,7H2,1H3. The number of carbonyl (C=O) groups excluding carboxylic acids is 1. The molecule has 1 aromatic rings. The summed E-state index contributed by atoms with van der Waals surface area (Å²) in [6.45, 7) is 2.68. The summed E-state index contributed by atoms with van der Waals surface area (Å²) in [5, 5.41) is 10.1. The molecule has 1 aliphatic rings. The number of halogens is 1. The second-order valence-corrected chi connectivity index (χ2v) is 4.94. The minimum Gasteiger partial charge on any atom is -0.388 e. The van der Waals surface area contributed by atoms with Gasteiger partial charge in [-0.1, -0.05) is 11.6 Å². The highest BCUT2D eigenvalue weighted by atomic mass is 35.5. The van der Waals surface area contributed by atoms with Crippen LogP contribution in [0.2, 0.25) is 5.15 Å². The number of piperidine rings is 1. The fourth-order valence-corrected chi connectivity index (χ4v) is 2.15. The second-order valence-electron chi connectivity index (χ2n) is 4.55. The van der Waals surface area contributed by atoms with Crippen LogP contribution in [-0.4, -0.2) is 44.6 Å². The summed E-state index contributed by atoms with van der Waals surface area (Å²) in [5.74, 6) is -0.236. The van der Waals surface area contributed by atoms with E-state index in [9.17, 15) is 9.90 Å². The van der Waals surface area contributed by atoms with Crippen molar-refractivity contribution in [3.05, 3.63) is 23.2 Å². The molecular formula is C11H14ClN3O2. The van der Waals surface area contributed by atoms with E-state index in [0.29, 0.717) is 19.5 Å². The second kappa shape index (κ2) is 4.58. The van der Waals surface area contributed by atoms with E-state index in [0.717, 1.165) is 6.42 Å². The topological polar surface area (TPSA) is 66.3 Å². The highest BCUT2D eigenvalue weighted by molar-refractivity contribution is 6.29. The van der Waals surface area contributed by atoms with Crippen LogP contribution in [0.4, 0.5) is 0 Å². The van der Waals surface area contributed by atoms with Crippen molar-refractivity contribution in [1.29, 1.82) is 0 Å². The van der Waals surface area contributed by atoms with Gasteiger partial charge in [-0.15, -0.1) is 0 Å². The number of β-amino-alcohol motifs (C(OH)–C–C–N with tert-alkyl or cyclic N) is 1. The zero-order valence-electron chi connectivity index (χ0n) is 9.56. The smallest absolute Gasteiger partial charge is 0.274 e. The lowest BCUT2D eigenvalue weighted by atomic mass is 9.95. The molecule has 6 heteroatoms. The maximum Gasteiger partial charge on any atom is 0.274 e. The molecule has 0 bridgehead atoms. The van der Waals surface area contributed by atoms with Gasteiger partial charge in [0.1, 0.15) is 10.8 Å². The highest BCUT2D eigenvalue weighted by Crippen LogP contribution is 2.21. The van der Waals surface area contributed by atoms with Gasteiger partial charge in [0.2, 0.25) is 0 Å². The van der Waals surface area contributed by atoms with Crippen LogP contribution in [0, 0.1) is 0 Å². The molecule has 1 atom stereocenters. The predicted molar refractivity (Wildman–Crippen MR) is 62.8 cm³/mol. The maximum absolute atomic E-state index is 12.1. The van der Waals surface area contributed by atoms with E-state index in [1.54, 1.807) is 11.8 Å². The zero-order valence-corrected chi connectivity index (χ0v) is 10.3. The SMILES string of the molecule is CC1(O)CCCN(C(=O)c2cncc(Cl)n2)C1. The molecule has 1 N–H and O–H groups in total. The fourth-order valence-electron chi connectivity index (χ4n) is 2.00. The first kappa shape index (κ1) is 12.3. The summed E-state index contributed by atoms with van der Waals surface area (Å²) in [6.07, 6.45) is 4.26. The number of hydrogen-bond donors (Lipinski definition) is 1. The predicted octanol–water partition coefficient (Wildman–Crippen LogP) is 1.12. The molecule has 0 aliphatic carbocycles. The average molecular weight is 256 g/mol. The lowest BCUT2D eigenvalue weighted by Gasteiger charge is -2.36. The van der Waals surface area contributed by atoms with E-state index < -0.39 is 5.60 Å². The number of amides is 1. The Morgan fingerprint density at radius 3 is 3.00 bits per heavy atom. The Morgan fingerprint density at radius 2 is 2.35 bits per heavy atom. The quantitative estimate of drug-likeness (QED) is 0.817. The number of likely N-dealkylation sites (tertiary alicyclic amines) is 1. The third-order valence-electron chi connectivity index (χ3n) is 2.79. The summed E-state index contributed by atoms with van der Waals surface area (Å²) >= 11 is 5.69. The molecule has 1 aliphatic heterocycles. The number of aromatic nitrogens is 2. The molecule has 1 amide bonds. The van der Waals surface area contributed by atoms with Crippen LogP contribution < -0.4 is 0 Å². The first-order chi connectivity index (χ1) is 7.98. The summed E-state index contributed by atoms with van der Waals surface area (Å²) in [4.78, 5) is 21.4. The van der Waals surface area contributed by atoms with Crippen LogP contribution in [0.25, 0.3) is 0 Å². The van der Waals surface area contributed by atoms with Crippen LogP contribution in [0.5, 0.6) is 0 Å². The van der Waals surface area contributed by atoms with Gasteiger partial charge in [0.25, 0.3) is 5.91 Å². The van der Waals surface area contributed by atoms with Gasteiger partial charge in [-0.2, -0.15) is 0 Å². The molecule has 1 aromatic heterocycles. The Kier molecular flexibility index (Phi) is 3.31. The van der Waals surface area contributed by atoms with Gasteiger partial charge < -0.3 is 10.0 Å². The number of carbonyl (C=O) groups is 1. The van der Waals surface area contributed by atoms with Crippen LogP contribution in [0.15, 0.2) is 12.4 Å². The molecule has 1 fully saturated rings. The van der Waals surface area contributed by atoms with Crippen molar-refractivity contribution in [2.75, 3.05) is 13.1 Å². The van der Waals surface area contributed by atoms with Gasteiger partial charge >= 0.3 is 0 Å². The van der Waals surface area contributed by atoms with E-state index in [2.05, 4.69) is 9.97 Å². The molecule has 92 valence electrons. The first-order valence-corrected chi connectivity index (χ1v) is 5.85. The molecular weight excluding hydrogens is 242 g/mol. The maximum atomic E-state index is 12.1. The highest BCUT2D eigenvalue weighted by Gasteiger charge is 2.31. The molecule has 2 heterocycles. The largest absolute Gasteiger partial charge is 0.388 e. The number of rotatable bonds is 1. The van der Waals surface area contributed by atoms with E-state index in [1.807, 2.05) is 0 Å². The van der Waals surface area contributed by atoms with Crippen molar-refractivity contribution in [3.63, 3.8) is 0 Å². The lowest BCUT2D eigenvalue weighted by molar-refractivity contribution is -0.0109. The number of nitrogens with zero attached hydrogens (tertiary/aromatic N) is 3. The molecule has 1 saturated heterocycles. The third-order valence-corrected chi connectivity index (χ3v) is 2.97. The Hall–Kier alpha value is -1.20. The zero-order chi connectivity index (χ0) is 12.5.